The molecule has 0 saturated carbocycles. The van der Waals surface area contributed by atoms with Gasteiger partial charge < -0.3 is 15.4 Å². The molecule has 2 aromatic carbocycles. The maximum atomic E-state index is 13.3. The molecular formula is C22H21N3O4S. The largest absolute Gasteiger partial charge is 0.493 e. The number of fused-ring (bicyclic) bond motifs is 3. The number of hydrogen-bond acceptors (Lipinski definition) is 5. The Balaban J connectivity index is 1.34. The van der Waals surface area contributed by atoms with Gasteiger partial charge in [0.1, 0.15) is 12.3 Å². The molecule has 5 rings (SSSR count). The van der Waals surface area contributed by atoms with Crippen molar-refractivity contribution >= 4 is 29.6 Å². The third-order valence-electron chi connectivity index (χ3n) is 5.85. The molecule has 3 heterocycles. The Morgan fingerprint density at radius 1 is 1.20 bits per heavy atom. The molecule has 2 atom stereocenters. The summed E-state index contributed by atoms with van der Waals surface area (Å²) in [5, 5.41) is 5.83. The van der Waals surface area contributed by atoms with Gasteiger partial charge in [-0.15, -0.1) is 11.8 Å². The number of nitrogens with zero attached hydrogens (tertiary/aromatic N) is 1. The van der Waals surface area contributed by atoms with Gasteiger partial charge in [-0.3, -0.25) is 14.5 Å². The third kappa shape index (κ3) is 3.02. The van der Waals surface area contributed by atoms with E-state index in [2.05, 4.69) is 10.6 Å². The normalized spacial score (nSPS) is 24.7. The van der Waals surface area contributed by atoms with E-state index in [9.17, 15) is 14.4 Å². The zero-order chi connectivity index (χ0) is 20.7. The third-order valence-corrected chi connectivity index (χ3v) is 6.98. The van der Waals surface area contributed by atoms with E-state index in [1.54, 1.807) is 23.9 Å². The first kappa shape index (κ1) is 19.0. The first-order chi connectivity index (χ1) is 14.6. The van der Waals surface area contributed by atoms with Crippen LogP contribution in [0, 0.1) is 0 Å². The molecule has 2 aromatic rings. The zero-order valence-electron chi connectivity index (χ0n) is 16.2. The predicted octanol–water partition coefficient (Wildman–Crippen LogP) is 2.57. The molecule has 154 valence electrons. The minimum atomic E-state index is -1.17. The molecule has 0 unspecified atom stereocenters. The molecule has 0 bridgehead atoms. The van der Waals surface area contributed by atoms with Crippen molar-refractivity contribution in [1.82, 2.24) is 15.5 Å². The Morgan fingerprint density at radius 2 is 2.00 bits per heavy atom. The Kier molecular flexibility index (Phi) is 4.66. The van der Waals surface area contributed by atoms with Crippen LogP contribution in [0.5, 0.6) is 5.75 Å². The van der Waals surface area contributed by atoms with Crippen LogP contribution < -0.4 is 15.4 Å². The minimum absolute atomic E-state index is 0.117. The molecular weight excluding hydrogens is 402 g/mol. The number of amides is 4. The van der Waals surface area contributed by atoms with Gasteiger partial charge in [-0.05, 0) is 24.1 Å². The van der Waals surface area contributed by atoms with Crippen LogP contribution in [0.1, 0.15) is 30.0 Å². The van der Waals surface area contributed by atoms with E-state index >= 15 is 0 Å². The summed E-state index contributed by atoms with van der Waals surface area (Å²) in [6.45, 7) is 0.0147. The fraction of sp³-hybridized carbons (Fsp3) is 0.318. The molecule has 3 aliphatic heterocycles. The highest BCUT2D eigenvalue weighted by Gasteiger charge is 2.55. The molecule has 4 amide bonds. The number of nitrogens with one attached hydrogen (secondary N) is 2. The first-order valence-corrected chi connectivity index (χ1v) is 10.9. The quantitative estimate of drug-likeness (QED) is 0.741. The molecule has 3 aliphatic rings. The minimum Gasteiger partial charge on any atom is -0.493 e. The highest BCUT2D eigenvalue weighted by molar-refractivity contribution is 7.99. The van der Waals surface area contributed by atoms with Crippen LogP contribution >= 0.6 is 11.8 Å². The number of hydrogen-bond donors (Lipinski definition) is 2. The van der Waals surface area contributed by atoms with E-state index in [4.69, 9.17) is 4.74 Å². The summed E-state index contributed by atoms with van der Waals surface area (Å²) < 4.78 is 5.64. The van der Waals surface area contributed by atoms with E-state index in [-0.39, 0.29) is 18.5 Å². The SMILES string of the molecule is O=C(CN1C(=O)N[C@]2(CCOc3ccccc32)C1=O)N[C@H]1CCSc2ccccc21. The molecule has 7 nitrogen and oxygen atoms in total. The average molecular weight is 423 g/mol. The molecule has 1 saturated heterocycles. The van der Waals surface area contributed by atoms with Crippen molar-refractivity contribution in [2.75, 3.05) is 18.9 Å². The van der Waals surface area contributed by atoms with Crippen LogP contribution in [-0.2, 0) is 15.1 Å². The van der Waals surface area contributed by atoms with Gasteiger partial charge in [0.05, 0.1) is 12.6 Å². The topological polar surface area (TPSA) is 87.7 Å². The van der Waals surface area contributed by atoms with Crippen LogP contribution in [0.3, 0.4) is 0 Å². The van der Waals surface area contributed by atoms with Gasteiger partial charge >= 0.3 is 6.03 Å². The summed E-state index contributed by atoms with van der Waals surface area (Å²) in [5.41, 5.74) is 0.546. The summed E-state index contributed by atoms with van der Waals surface area (Å²) in [6, 6.07) is 14.5. The number of benzene rings is 2. The number of rotatable bonds is 3. The van der Waals surface area contributed by atoms with Crippen LogP contribution in [-0.4, -0.2) is 41.6 Å². The van der Waals surface area contributed by atoms with E-state index in [0.717, 1.165) is 27.5 Å². The Morgan fingerprint density at radius 3 is 2.90 bits per heavy atom. The second-order valence-corrected chi connectivity index (χ2v) is 8.75. The van der Waals surface area contributed by atoms with Gasteiger partial charge in [0, 0.05) is 22.6 Å². The van der Waals surface area contributed by atoms with Gasteiger partial charge in [-0.25, -0.2) is 4.79 Å². The monoisotopic (exact) mass is 423 g/mol. The summed E-state index contributed by atoms with van der Waals surface area (Å²) in [5.74, 6) is 0.742. The molecule has 30 heavy (non-hydrogen) atoms. The molecule has 0 aliphatic carbocycles. The van der Waals surface area contributed by atoms with Gasteiger partial charge in [0.25, 0.3) is 5.91 Å². The molecule has 0 aromatic heterocycles. The summed E-state index contributed by atoms with van der Waals surface area (Å²) in [4.78, 5) is 40.9. The van der Waals surface area contributed by atoms with Gasteiger partial charge in [0.15, 0.2) is 5.54 Å². The predicted molar refractivity (Wildman–Crippen MR) is 111 cm³/mol. The lowest BCUT2D eigenvalue weighted by atomic mass is 9.84. The summed E-state index contributed by atoms with van der Waals surface area (Å²) >= 11 is 1.77. The Hall–Kier alpha value is -3.00. The summed E-state index contributed by atoms with van der Waals surface area (Å²) in [7, 11) is 0. The Labute approximate surface area is 178 Å². The lowest BCUT2D eigenvalue weighted by Gasteiger charge is -2.33. The first-order valence-electron chi connectivity index (χ1n) is 9.96. The second-order valence-electron chi connectivity index (χ2n) is 7.62. The highest BCUT2D eigenvalue weighted by atomic mass is 32.2. The highest BCUT2D eigenvalue weighted by Crippen LogP contribution is 2.41. The van der Waals surface area contributed by atoms with E-state index in [0.29, 0.717) is 24.3 Å². The van der Waals surface area contributed by atoms with Gasteiger partial charge in [-0.2, -0.15) is 0 Å². The van der Waals surface area contributed by atoms with Crippen molar-refractivity contribution in [3.05, 3.63) is 59.7 Å². The number of ether oxygens (including phenoxy) is 1. The average Bonchev–Trinajstić information content (AvgIpc) is 2.99. The van der Waals surface area contributed by atoms with Crippen LogP contribution in [0.4, 0.5) is 4.79 Å². The lowest BCUT2D eigenvalue weighted by Crippen LogP contribution is -2.48. The lowest BCUT2D eigenvalue weighted by molar-refractivity contribution is -0.136. The number of carbonyl (C=O) groups is 3. The summed E-state index contributed by atoms with van der Waals surface area (Å²) in [6.07, 6.45) is 1.14. The van der Waals surface area contributed by atoms with Gasteiger partial charge in [-0.1, -0.05) is 36.4 Å². The van der Waals surface area contributed by atoms with Crippen molar-refractivity contribution in [1.29, 1.82) is 0 Å². The standard InChI is InChI=1S/C22H21N3O4S/c26-19(23-16-9-12-30-18-8-4-1-5-14(16)18)13-25-20(27)22(24-21(25)28)10-11-29-17-7-3-2-6-15(17)22/h1-8,16H,9-13H2,(H,23,26)(H,24,28)/t16-,22-/m0/s1. The number of carbonyl (C=O) groups excluding carboxylic acids is 3. The number of thioether (sulfide) groups is 1. The second kappa shape index (κ2) is 7.36. The maximum Gasteiger partial charge on any atom is 0.325 e. The zero-order valence-corrected chi connectivity index (χ0v) is 17.0. The smallest absolute Gasteiger partial charge is 0.325 e. The van der Waals surface area contributed by atoms with E-state index < -0.39 is 17.5 Å². The van der Waals surface area contributed by atoms with E-state index in [1.165, 1.54) is 0 Å². The fourth-order valence-corrected chi connectivity index (χ4v) is 5.52. The molecule has 8 heteroatoms. The van der Waals surface area contributed by atoms with Crippen molar-refractivity contribution in [2.45, 2.75) is 29.3 Å². The Bertz CT molecular complexity index is 1040. The molecule has 2 N–H and O–H groups in total. The molecule has 1 fully saturated rings. The van der Waals surface area contributed by atoms with Crippen LogP contribution in [0.15, 0.2) is 53.4 Å². The van der Waals surface area contributed by atoms with Crippen molar-refractivity contribution in [3.8, 4) is 5.75 Å². The number of urea groups is 1. The van der Waals surface area contributed by atoms with Crippen molar-refractivity contribution < 1.29 is 19.1 Å². The number of imide groups is 1. The van der Waals surface area contributed by atoms with Crippen molar-refractivity contribution in [3.63, 3.8) is 0 Å². The van der Waals surface area contributed by atoms with Crippen LogP contribution in [0.25, 0.3) is 0 Å². The molecule has 0 radical (unpaired) electrons. The van der Waals surface area contributed by atoms with Crippen LogP contribution in [0.2, 0.25) is 0 Å². The van der Waals surface area contributed by atoms with Crippen molar-refractivity contribution in [2.24, 2.45) is 0 Å². The number of para-hydroxylation sites is 1. The fourth-order valence-electron chi connectivity index (χ4n) is 4.39. The molecule has 1 spiro atoms. The van der Waals surface area contributed by atoms with E-state index in [1.807, 2.05) is 36.4 Å². The van der Waals surface area contributed by atoms with Gasteiger partial charge in [0.2, 0.25) is 5.91 Å². The maximum absolute atomic E-state index is 13.3.